The van der Waals surface area contributed by atoms with E-state index in [1.807, 2.05) is 0 Å². The lowest BCUT2D eigenvalue weighted by Crippen LogP contribution is -2.16. The summed E-state index contributed by atoms with van der Waals surface area (Å²) in [7, 11) is -1.54. The summed E-state index contributed by atoms with van der Waals surface area (Å²) in [6.45, 7) is 2.80. The summed E-state index contributed by atoms with van der Waals surface area (Å²) in [5.41, 5.74) is 0.109. The molecule has 0 radical (unpaired) electrons. The molecule has 120 valence electrons. The molecule has 1 N–H and O–H groups in total. The monoisotopic (exact) mass is 331 g/mol. The molecular weight excluding hydrogens is 315 g/mol. The normalized spacial score (nSPS) is 10.9. The van der Waals surface area contributed by atoms with E-state index in [0.29, 0.717) is 0 Å². The van der Waals surface area contributed by atoms with Gasteiger partial charge in [0.15, 0.2) is 5.75 Å². The molecule has 0 aliphatic rings. The maximum absolute atomic E-state index is 11.8. The second-order valence-corrected chi connectivity index (χ2v) is 5.02. The lowest BCUT2D eigenvalue weighted by molar-refractivity contribution is -0.155. The first-order chi connectivity index (χ1) is 10.3. The topological polar surface area (TPSA) is 108 Å². The van der Waals surface area contributed by atoms with Crippen molar-refractivity contribution >= 4 is 20.2 Å². The molecule has 1 aromatic carbocycles. The molecule has 0 bridgehead atoms. The van der Waals surface area contributed by atoms with Gasteiger partial charge in [-0.2, -0.15) is 0 Å². The Morgan fingerprint density at radius 1 is 1.23 bits per heavy atom. The van der Waals surface area contributed by atoms with Crippen molar-refractivity contribution in [2.24, 2.45) is 5.92 Å². The Morgan fingerprint density at radius 3 is 2.45 bits per heavy atom. The predicted molar refractivity (Wildman–Crippen MR) is 74.7 cm³/mol. The zero-order chi connectivity index (χ0) is 16.7. The summed E-state index contributed by atoms with van der Waals surface area (Å²) in [5.74, 6) is -1.45. The third-order valence-corrected chi connectivity index (χ3v) is 2.79. The summed E-state index contributed by atoms with van der Waals surface area (Å²) in [5, 5.41) is 0. The standard InChI is InChI=1S/C13H15O8P/c1-8(2)12(14)19-7-20-13(15)9-4-5-10(21-22(16)17)11(6-9)18-3/h4-6,8H,7H2,1-3H3/p+1. The largest absolute Gasteiger partial charge is 0.747 e. The van der Waals surface area contributed by atoms with Gasteiger partial charge in [0.05, 0.1) is 18.6 Å². The van der Waals surface area contributed by atoms with Crippen LogP contribution in [-0.2, 0) is 18.8 Å². The predicted octanol–water partition coefficient (Wildman–Crippen LogP) is 2.04. The summed E-state index contributed by atoms with van der Waals surface area (Å²) >= 11 is 0. The molecule has 1 atom stereocenters. The van der Waals surface area contributed by atoms with Gasteiger partial charge >= 0.3 is 20.2 Å². The number of carbonyl (C=O) groups is 2. The van der Waals surface area contributed by atoms with Gasteiger partial charge in [0.25, 0.3) is 0 Å². The van der Waals surface area contributed by atoms with E-state index in [-0.39, 0.29) is 23.0 Å². The van der Waals surface area contributed by atoms with Crippen LogP contribution in [0.15, 0.2) is 18.2 Å². The molecule has 8 nitrogen and oxygen atoms in total. The van der Waals surface area contributed by atoms with Crippen molar-refractivity contribution in [2.75, 3.05) is 13.9 Å². The fourth-order valence-corrected chi connectivity index (χ4v) is 1.66. The highest BCUT2D eigenvalue weighted by molar-refractivity contribution is 7.32. The van der Waals surface area contributed by atoms with E-state index in [4.69, 9.17) is 19.1 Å². The fraction of sp³-hybridized carbons (Fsp3) is 0.385. The molecule has 9 heteroatoms. The number of esters is 2. The van der Waals surface area contributed by atoms with Crippen molar-refractivity contribution in [3.8, 4) is 11.5 Å². The van der Waals surface area contributed by atoms with Crippen molar-refractivity contribution < 1.29 is 37.8 Å². The van der Waals surface area contributed by atoms with E-state index in [2.05, 4.69) is 4.52 Å². The Labute approximate surface area is 127 Å². The molecule has 22 heavy (non-hydrogen) atoms. The lowest BCUT2D eigenvalue weighted by atomic mass is 10.2. The molecule has 0 fully saturated rings. The first kappa shape index (κ1) is 17.9. The van der Waals surface area contributed by atoms with Gasteiger partial charge in [0.2, 0.25) is 12.5 Å². The van der Waals surface area contributed by atoms with Crippen LogP contribution in [-0.4, -0.2) is 30.7 Å². The highest BCUT2D eigenvalue weighted by atomic mass is 31.1. The van der Waals surface area contributed by atoms with Crippen molar-refractivity contribution in [2.45, 2.75) is 13.8 Å². The summed E-state index contributed by atoms with van der Waals surface area (Å²) < 4.78 is 29.7. The van der Waals surface area contributed by atoms with Gasteiger partial charge in [0.1, 0.15) is 0 Å². The maximum atomic E-state index is 11.8. The second kappa shape index (κ2) is 8.31. The Balaban J connectivity index is 2.70. The molecule has 0 saturated carbocycles. The molecule has 0 aliphatic carbocycles. The minimum absolute atomic E-state index is 0.00824. The number of rotatable bonds is 7. The molecule has 1 rings (SSSR count). The maximum Gasteiger partial charge on any atom is 0.747 e. The highest BCUT2D eigenvalue weighted by Gasteiger charge is 2.20. The van der Waals surface area contributed by atoms with E-state index < -0.39 is 27.0 Å². The Kier molecular flexibility index (Phi) is 6.75. The highest BCUT2D eigenvalue weighted by Crippen LogP contribution is 2.33. The number of benzene rings is 1. The zero-order valence-electron chi connectivity index (χ0n) is 12.3. The van der Waals surface area contributed by atoms with Crippen molar-refractivity contribution in [1.29, 1.82) is 0 Å². The first-order valence-corrected chi connectivity index (χ1v) is 7.34. The lowest BCUT2D eigenvalue weighted by Gasteiger charge is -2.09. The van der Waals surface area contributed by atoms with Crippen LogP contribution in [0.5, 0.6) is 11.5 Å². The van der Waals surface area contributed by atoms with E-state index >= 15 is 0 Å². The minimum atomic E-state index is -2.85. The molecule has 0 aromatic heterocycles. The number of ether oxygens (including phenoxy) is 3. The SMILES string of the molecule is COc1cc(C(=O)OCOC(=O)C(C)C)ccc1O[P+](=O)O. The van der Waals surface area contributed by atoms with Crippen molar-refractivity contribution in [1.82, 2.24) is 0 Å². The van der Waals surface area contributed by atoms with Crippen LogP contribution in [0.2, 0.25) is 0 Å². The minimum Gasteiger partial charge on any atom is -0.493 e. The molecular formula is C13H16O8P+. The van der Waals surface area contributed by atoms with Crippen LogP contribution in [0.3, 0.4) is 0 Å². The average Bonchev–Trinajstić information content (AvgIpc) is 2.46. The molecule has 1 aromatic rings. The van der Waals surface area contributed by atoms with Crippen LogP contribution < -0.4 is 9.26 Å². The Bertz CT molecular complexity index is 569. The van der Waals surface area contributed by atoms with Gasteiger partial charge in [-0.15, -0.1) is 4.89 Å². The van der Waals surface area contributed by atoms with Gasteiger partial charge in [-0.1, -0.05) is 13.8 Å². The van der Waals surface area contributed by atoms with Crippen LogP contribution >= 0.6 is 8.25 Å². The third kappa shape index (κ3) is 5.31. The summed E-state index contributed by atoms with van der Waals surface area (Å²) in [4.78, 5) is 31.7. The van der Waals surface area contributed by atoms with Gasteiger partial charge in [-0.3, -0.25) is 4.79 Å². The average molecular weight is 331 g/mol. The molecule has 0 spiro atoms. The molecule has 0 heterocycles. The zero-order valence-corrected chi connectivity index (χ0v) is 13.2. The van der Waals surface area contributed by atoms with E-state index in [1.54, 1.807) is 13.8 Å². The smallest absolute Gasteiger partial charge is 0.493 e. The fourth-order valence-electron chi connectivity index (χ4n) is 1.35. The molecule has 0 saturated heterocycles. The van der Waals surface area contributed by atoms with E-state index in [9.17, 15) is 14.2 Å². The molecule has 1 unspecified atom stereocenters. The van der Waals surface area contributed by atoms with Crippen molar-refractivity contribution in [3.63, 3.8) is 0 Å². The van der Waals surface area contributed by atoms with E-state index in [0.717, 1.165) is 0 Å². The third-order valence-electron chi connectivity index (χ3n) is 2.44. The molecule has 0 aliphatic heterocycles. The van der Waals surface area contributed by atoms with Crippen LogP contribution in [0.25, 0.3) is 0 Å². The van der Waals surface area contributed by atoms with Crippen LogP contribution in [0.4, 0.5) is 0 Å². The van der Waals surface area contributed by atoms with Crippen LogP contribution in [0.1, 0.15) is 24.2 Å². The van der Waals surface area contributed by atoms with E-state index in [1.165, 1.54) is 25.3 Å². The molecule has 0 amide bonds. The van der Waals surface area contributed by atoms with Gasteiger partial charge in [-0.05, 0) is 18.2 Å². The first-order valence-electron chi connectivity index (χ1n) is 6.21. The second-order valence-electron chi connectivity index (χ2n) is 4.36. The van der Waals surface area contributed by atoms with Gasteiger partial charge < -0.3 is 14.2 Å². The Hall–Kier alpha value is -2.18. The van der Waals surface area contributed by atoms with Gasteiger partial charge in [-0.25, -0.2) is 9.32 Å². The number of methoxy groups -OCH3 is 1. The quantitative estimate of drug-likeness (QED) is 0.459. The van der Waals surface area contributed by atoms with Crippen LogP contribution in [0, 0.1) is 5.92 Å². The number of carbonyl (C=O) groups excluding carboxylic acids is 2. The number of hydrogen-bond donors (Lipinski definition) is 1. The summed E-state index contributed by atoms with van der Waals surface area (Å²) in [6, 6.07) is 3.89. The Morgan fingerprint density at radius 2 is 1.91 bits per heavy atom. The number of hydrogen-bond acceptors (Lipinski definition) is 7. The van der Waals surface area contributed by atoms with Crippen molar-refractivity contribution in [3.05, 3.63) is 23.8 Å². The summed E-state index contributed by atoms with van der Waals surface area (Å²) in [6.07, 6.45) is 0. The van der Waals surface area contributed by atoms with Gasteiger partial charge in [0, 0.05) is 4.57 Å².